The number of fused-ring (bicyclic) bond motifs is 1. The Balaban J connectivity index is 1.97. The quantitative estimate of drug-likeness (QED) is 0.381. The summed E-state index contributed by atoms with van der Waals surface area (Å²) < 4.78 is 38.2. The predicted octanol–water partition coefficient (Wildman–Crippen LogP) is 0.859. The number of alkyl halides is 3. The number of rotatable bonds is 7. The van der Waals surface area contributed by atoms with Gasteiger partial charge in [0, 0.05) is 24.8 Å². The number of anilines is 1. The van der Waals surface area contributed by atoms with Gasteiger partial charge in [-0.3, -0.25) is 24.0 Å². The van der Waals surface area contributed by atoms with Gasteiger partial charge in [0.25, 0.3) is 0 Å². The molecule has 11 nitrogen and oxygen atoms in total. The van der Waals surface area contributed by atoms with Gasteiger partial charge in [-0.05, 0) is 38.7 Å². The summed E-state index contributed by atoms with van der Waals surface area (Å²) in [5.74, 6) is -5.81. The van der Waals surface area contributed by atoms with Crippen LogP contribution in [0.2, 0.25) is 0 Å². The molecule has 5 N–H and O–H groups in total. The maximum Gasteiger partial charge on any atom is 0.471 e. The van der Waals surface area contributed by atoms with Crippen LogP contribution in [0, 0.1) is 11.3 Å². The minimum absolute atomic E-state index is 0.0431. The molecule has 1 saturated heterocycles. The molecular weight excluding hydrogens is 535 g/mol. The predicted molar refractivity (Wildman–Crippen MR) is 136 cm³/mol. The Morgan fingerprint density at radius 3 is 2.38 bits per heavy atom. The third-order valence-corrected chi connectivity index (χ3v) is 7.81. The smallest absolute Gasteiger partial charge is 0.384 e. The number of benzene rings is 1. The van der Waals surface area contributed by atoms with Crippen LogP contribution in [0.3, 0.4) is 0 Å². The van der Waals surface area contributed by atoms with E-state index in [4.69, 9.17) is 5.73 Å². The Bertz CT molecular complexity index is 1220. The van der Waals surface area contributed by atoms with Crippen molar-refractivity contribution in [3.8, 4) is 0 Å². The highest BCUT2D eigenvalue weighted by Gasteiger charge is 2.64. The molecule has 0 aromatic heterocycles. The first-order valence-electron chi connectivity index (χ1n) is 12.7. The van der Waals surface area contributed by atoms with Crippen molar-refractivity contribution in [3.63, 3.8) is 0 Å². The molecule has 1 aromatic rings. The molecule has 2 aliphatic rings. The number of amides is 5. The van der Waals surface area contributed by atoms with Crippen molar-refractivity contribution in [1.29, 1.82) is 0 Å². The molecule has 0 saturated carbocycles. The first-order valence-corrected chi connectivity index (χ1v) is 12.7. The minimum Gasteiger partial charge on any atom is -0.384 e. The van der Waals surface area contributed by atoms with Crippen molar-refractivity contribution in [3.05, 3.63) is 29.8 Å². The van der Waals surface area contributed by atoms with Gasteiger partial charge in [-0.1, -0.05) is 32.0 Å². The normalized spacial score (nSPS) is 25.7. The third kappa shape index (κ3) is 5.36. The van der Waals surface area contributed by atoms with Crippen molar-refractivity contribution in [1.82, 2.24) is 15.1 Å². The van der Waals surface area contributed by atoms with E-state index >= 15 is 0 Å². The van der Waals surface area contributed by atoms with Crippen LogP contribution in [0.4, 0.5) is 18.9 Å². The first kappa shape index (κ1) is 30.9. The maximum absolute atomic E-state index is 14.0. The fraction of sp³-hybridized carbons (Fsp3) is 0.577. The molecule has 14 heteroatoms. The van der Waals surface area contributed by atoms with Crippen LogP contribution < -0.4 is 16.4 Å². The summed E-state index contributed by atoms with van der Waals surface area (Å²) in [4.78, 5) is 66.3. The fourth-order valence-electron chi connectivity index (χ4n) is 5.51. The number of hydrogen-bond donors (Lipinski definition) is 4. The highest BCUT2D eigenvalue weighted by Crippen LogP contribution is 2.53. The largest absolute Gasteiger partial charge is 0.471 e. The lowest BCUT2D eigenvalue weighted by molar-refractivity contribution is -0.175. The molecule has 3 rings (SSSR count). The van der Waals surface area contributed by atoms with E-state index in [2.05, 4.69) is 5.32 Å². The molecule has 0 aliphatic carbocycles. The van der Waals surface area contributed by atoms with E-state index in [1.807, 2.05) is 0 Å². The first-order chi connectivity index (χ1) is 18.3. The lowest BCUT2D eigenvalue weighted by atomic mass is 9.64. The molecule has 40 heavy (non-hydrogen) atoms. The van der Waals surface area contributed by atoms with Gasteiger partial charge >= 0.3 is 12.1 Å². The Kier molecular flexibility index (Phi) is 8.26. The molecular formula is C26H34F3N5O6. The SMILES string of the molecule is CC(C)CC(C(=O)N1C[C@]2(C[C@H]1C(N)=O)C(=O)Nc1ccccc1C2(C)O)N(C)C(=O)C(C)NC(=O)C(F)(F)F. The molecule has 2 aliphatic heterocycles. The molecule has 1 spiro atoms. The second kappa shape index (κ2) is 10.7. The zero-order valence-corrected chi connectivity index (χ0v) is 22.8. The van der Waals surface area contributed by atoms with E-state index in [1.54, 1.807) is 43.4 Å². The zero-order valence-electron chi connectivity index (χ0n) is 22.8. The lowest BCUT2D eigenvalue weighted by Crippen LogP contribution is -2.59. The van der Waals surface area contributed by atoms with Crippen LogP contribution in [0.25, 0.3) is 0 Å². The summed E-state index contributed by atoms with van der Waals surface area (Å²) >= 11 is 0. The third-order valence-electron chi connectivity index (χ3n) is 7.81. The van der Waals surface area contributed by atoms with Crippen molar-refractivity contribution < 1.29 is 42.3 Å². The highest BCUT2D eigenvalue weighted by molar-refractivity contribution is 6.03. The topological polar surface area (TPSA) is 162 Å². The molecule has 220 valence electrons. The average molecular weight is 570 g/mol. The van der Waals surface area contributed by atoms with Crippen molar-refractivity contribution in [2.24, 2.45) is 17.1 Å². The van der Waals surface area contributed by atoms with Crippen LogP contribution in [0.15, 0.2) is 24.3 Å². The summed E-state index contributed by atoms with van der Waals surface area (Å²) in [5.41, 5.74) is 2.91. The van der Waals surface area contributed by atoms with E-state index in [-0.39, 0.29) is 18.8 Å². The summed E-state index contributed by atoms with van der Waals surface area (Å²) in [6.45, 7) is 5.56. The number of primary amides is 1. The van der Waals surface area contributed by atoms with E-state index in [1.165, 1.54) is 14.0 Å². The van der Waals surface area contributed by atoms with Gasteiger partial charge in [-0.15, -0.1) is 0 Å². The fourth-order valence-corrected chi connectivity index (χ4v) is 5.51. The van der Waals surface area contributed by atoms with Gasteiger partial charge in [0.2, 0.25) is 23.6 Å². The molecule has 0 radical (unpaired) electrons. The maximum atomic E-state index is 14.0. The molecule has 5 amide bonds. The molecule has 2 heterocycles. The summed E-state index contributed by atoms with van der Waals surface area (Å²) in [7, 11) is 1.20. The average Bonchev–Trinajstić information content (AvgIpc) is 3.28. The van der Waals surface area contributed by atoms with Crippen molar-refractivity contribution >= 4 is 35.2 Å². The Morgan fingerprint density at radius 1 is 1.23 bits per heavy atom. The number of aliphatic hydroxyl groups is 1. The minimum atomic E-state index is -5.21. The van der Waals surface area contributed by atoms with Crippen LogP contribution in [0.1, 0.15) is 46.1 Å². The van der Waals surface area contributed by atoms with Crippen molar-refractivity contribution in [2.45, 2.75) is 70.4 Å². The van der Waals surface area contributed by atoms with Crippen LogP contribution >= 0.6 is 0 Å². The second-order valence-corrected chi connectivity index (χ2v) is 11.0. The molecule has 1 fully saturated rings. The monoisotopic (exact) mass is 569 g/mol. The number of likely N-dealkylation sites (N-methyl/N-ethyl adjacent to an activating group) is 1. The standard InChI is InChI=1S/C26H34F3N5O6/c1-13(2)10-17(33(5)20(36)14(3)31-23(39)26(27,28)29)21(37)34-12-25(11-18(34)19(30)35)22(38)32-16-9-7-6-8-15(16)24(25,4)40/h6-9,13-14,17-18,40H,10-12H2,1-5H3,(H2,30,35)(H,31,39)(H,32,38)/t14?,17?,18-,24?,25+/m0/s1. The Hall–Kier alpha value is -3.68. The van der Waals surface area contributed by atoms with Gasteiger partial charge in [0.1, 0.15) is 29.1 Å². The molecule has 3 unspecified atom stereocenters. The van der Waals surface area contributed by atoms with E-state index in [0.717, 1.165) is 16.7 Å². The summed E-state index contributed by atoms with van der Waals surface area (Å²) in [6.07, 6.45) is -5.47. The molecule has 1 aromatic carbocycles. The number of nitrogens with zero attached hydrogens (tertiary/aromatic N) is 2. The number of likely N-dealkylation sites (tertiary alicyclic amines) is 1. The van der Waals surface area contributed by atoms with Gasteiger partial charge < -0.3 is 31.3 Å². The number of carbonyl (C=O) groups excluding carboxylic acids is 5. The number of halogens is 3. The Labute approximate surface area is 229 Å². The van der Waals surface area contributed by atoms with Crippen LogP contribution in [-0.2, 0) is 29.6 Å². The number of para-hydroxylation sites is 1. The van der Waals surface area contributed by atoms with Gasteiger partial charge in [-0.2, -0.15) is 13.2 Å². The van der Waals surface area contributed by atoms with Crippen molar-refractivity contribution in [2.75, 3.05) is 18.9 Å². The Morgan fingerprint density at radius 2 is 1.82 bits per heavy atom. The van der Waals surface area contributed by atoms with E-state index in [9.17, 15) is 42.3 Å². The zero-order chi connectivity index (χ0) is 30.4. The lowest BCUT2D eigenvalue weighted by Gasteiger charge is -2.46. The van der Waals surface area contributed by atoms with Crippen LogP contribution in [-0.4, -0.2) is 82.3 Å². The second-order valence-electron chi connectivity index (χ2n) is 11.0. The number of hydrogen-bond acceptors (Lipinski definition) is 6. The molecule has 5 atom stereocenters. The molecule has 0 bridgehead atoms. The summed E-state index contributed by atoms with van der Waals surface area (Å²) in [6, 6.07) is 2.33. The summed E-state index contributed by atoms with van der Waals surface area (Å²) in [5, 5.41) is 16.0. The number of nitrogens with two attached hydrogens (primary N) is 1. The van der Waals surface area contributed by atoms with Gasteiger partial charge in [0.15, 0.2) is 0 Å². The number of nitrogens with one attached hydrogen (secondary N) is 2. The van der Waals surface area contributed by atoms with E-state index < -0.39 is 71.4 Å². The number of carbonyl (C=O) groups is 5. The highest BCUT2D eigenvalue weighted by atomic mass is 19.4. The van der Waals surface area contributed by atoms with Crippen LogP contribution in [0.5, 0.6) is 0 Å². The van der Waals surface area contributed by atoms with E-state index in [0.29, 0.717) is 11.3 Å². The van der Waals surface area contributed by atoms with Gasteiger partial charge in [0.05, 0.1) is 0 Å². The van der Waals surface area contributed by atoms with Gasteiger partial charge in [-0.25, -0.2) is 0 Å².